The van der Waals surface area contributed by atoms with E-state index in [1.165, 1.54) is 32.6 Å². The number of rotatable bonds is 9. The van der Waals surface area contributed by atoms with Crippen molar-refractivity contribution in [1.29, 1.82) is 0 Å². The normalized spacial score (nSPS) is 15.9. The minimum Gasteiger partial charge on any atom is -0.495 e. The van der Waals surface area contributed by atoms with Crippen molar-refractivity contribution < 1.29 is 14.3 Å². The van der Waals surface area contributed by atoms with Crippen molar-refractivity contribution in [3.8, 4) is 5.75 Å². The minimum absolute atomic E-state index is 0.126. The zero-order valence-electron chi connectivity index (χ0n) is 17.6. The van der Waals surface area contributed by atoms with Gasteiger partial charge in [0.25, 0.3) is 0 Å². The van der Waals surface area contributed by atoms with Gasteiger partial charge in [-0.2, -0.15) is 0 Å². The molecule has 1 fully saturated rings. The van der Waals surface area contributed by atoms with Gasteiger partial charge in [-0.1, -0.05) is 18.9 Å². The molecule has 0 saturated heterocycles. The molecule has 0 heterocycles. The number of anilines is 1. The van der Waals surface area contributed by atoms with Crippen molar-refractivity contribution in [3.63, 3.8) is 0 Å². The molecular formula is C21H34N4O3. The topological polar surface area (TPSA) is 84.0 Å². The van der Waals surface area contributed by atoms with Crippen LogP contribution in [-0.2, 0) is 16.1 Å². The average molecular weight is 391 g/mol. The molecule has 0 unspecified atom stereocenters. The number of ether oxygens (including phenoxy) is 2. The maximum atomic E-state index is 11.4. The van der Waals surface area contributed by atoms with E-state index in [-0.39, 0.29) is 5.91 Å². The Labute approximate surface area is 168 Å². The molecular weight excluding hydrogens is 356 g/mol. The van der Waals surface area contributed by atoms with E-state index in [4.69, 9.17) is 9.47 Å². The summed E-state index contributed by atoms with van der Waals surface area (Å²) in [5.41, 5.74) is 2.00. The van der Waals surface area contributed by atoms with Crippen LogP contribution in [0.3, 0.4) is 0 Å². The summed E-state index contributed by atoms with van der Waals surface area (Å²) in [6.45, 7) is 3.78. The van der Waals surface area contributed by atoms with Gasteiger partial charge in [-0.05, 0) is 42.4 Å². The van der Waals surface area contributed by atoms with Gasteiger partial charge in [0.05, 0.1) is 12.8 Å². The van der Waals surface area contributed by atoms with Crippen LogP contribution in [0.15, 0.2) is 23.2 Å². The van der Waals surface area contributed by atoms with E-state index in [1.807, 2.05) is 18.2 Å². The SMILES string of the molecule is CN=C(NCc1ccc(OC)c(NC(C)=O)c1)NCC1(CCOC)CCCC1. The van der Waals surface area contributed by atoms with Crippen LogP contribution in [0.25, 0.3) is 0 Å². The molecule has 0 spiro atoms. The largest absolute Gasteiger partial charge is 0.495 e. The Balaban J connectivity index is 1.93. The van der Waals surface area contributed by atoms with E-state index >= 15 is 0 Å². The molecule has 7 heteroatoms. The van der Waals surface area contributed by atoms with Crippen LogP contribution in [0.4, 0.5) is 5.69 Å². The predicted octanol–water partition coefficient (Wildman–Crippen LogP) is 2.92. The van der Waals surface area contributed by atoms with Crippen LogP contribution in [0, 0.1) is 5.41 Å². The molecule has 1 aliphatic carbocycles. The maximum Gasteiger partial charge on any atom is 0.221 e. The first kappa shape index (κ1) is 22.0. The van der Waals surface area contributed by atoms with Crippen LogP contribution >= 0.6 is 0 Å². The Hall–Kier alpha value is -2.28. The third kappa shape index (κ3) is 6.41. The van der Waals surface area contributed by atoms with Crippen LogP contribution in [-0.4, -0.2) is 46.3 Å². The average Bonchev–Trinajstić information content (AvgIpc) is 3.15. The first-order chi connectivity index (χ1) is 13.5. The van der Waals surface area contributed by atoms with Crippen LogP contribution in [0.2, 0.25) is 0 Å². The van der Waals surface area contributed by atoms with Gasteiger partial charge < -0.3 is 25.4 Å². The molecule has 1 aromatic rings. The summed E-state index contributed by atoms with van der Waals surface area (Å²) >= 11 is 0. The van der Waals surface area contributed by atoms with Crippen molar-refractivity contribution in [2.45, 2.75) is 45.6 Å². The molecule has 1 aromatic carbocycles. The van der Waals surface area contributed by atoms with E-state index in [0.717, 1.165) is 31.1 Å². The number of hydrogen-bond acceptors (Lipinski definition) is 4. The lowest BCUT2D eigenvalue weighted by atomic mass is 9.83. The molecule has 1 aliphatic rings. The standard InChI is InChI=1S/C21H34N4O3/c1-16(26)25-18-13-17(7-8-19(18)28-4)14-23-20(22-2)24-15-21(11-12-27-3)9-5-6-10-21/h7-8,13H,5-6,9-12,14-15H2,1-4H3,(H,25,26)(H2,22,23,24). The summed E-state index contributed by atoms with van der Waals surface area (Å²) in [4.78, 5) is 15.7. The van der Waals surface area contributed by atoms with Gasteiger partial charge in [-0.25, -0.2) is 0 Å². The van der Waals surface area contributed by atoms with Crippen LogP contribution in [0.1, 0.15) is 44.6 Å². The highest BCUT2D eigenvalue weighted by Crippen LogP contribution is 2.40. The smallest absolute Gasteiger partial charge is 0.221 e. The van der Waals surface area contributed by atoms with E-state index in [9.17, 15) is 4.79 Å². The molecule has 1 saturated carbocycles. The third-order valence-electron chi connectivity index (χ3n) is 5.39. The summed E-state index contributed by atoms with van der Waals surface area (Å²) < 4.78 is 10.6. The maximum absolute atomic E-state index is 11.4. The van der Waals surface area contributed by atoms with Crippen LogP contribution < -0.4 is 20.7 Å². The Kier molecular flexibility index (Phi) is 8.57. The van der Waals surface area contributed by atoms with Gasteiger partial charge >= 0.3 is 0 Å². The Bertz CT molecular complexity index is 670. The molecule has 0 atom stereocenters. The summed E-state index contributed by atoms with van der Waals surface area (Å²) in [5.74, 6) is 1.29. The van der Waals surface area contributed by atoms with E-state index in [2.05, 4.69) is 20.9 Å². The molecule has 2 rings (SSSR count). The summed E-state index contributed by atoms with van der Waals surface area (Å²) in [6, 6.07) is 5.75. The van der Waals surface area contributed by atoms with E-state index < -0.39 is 0 Å². The molecule has 0 aliphatic heterocycles. The first-order valence-electron chi connectivity index (χ1n) is 9.90. The Morgan fingerprint density at radius 1 is 1.21 bits per heavy atom. The van der Waals surface area contributed by atoms with Gasteiger partial charge in [-0.3, -0.25) is 9.79 Å². The van der Waals surface area contributed by atoms with Gasteiger partial charge in [0.2, 0.25) is 5.91 Å². The number of guanidine groups is 1. The highest BCUT2D eigenvalue weighted by Gasteiger charge is 2.33. The van der Waals surface area contributed by atoms with Gasteiger partial charge in [0.1, 0.15) is 5.75 Å². The predicted molar refractivity (Wildman–Crippen MR) is 113 cm³/mol. The van der Waals surface area contributed by atoms with Crippen molar-refractivity contribution in [2.75, 3.05) is 39.7 Å². The second-order valence-electron chi connectivity index (χ2n) is 7.45. The van der Waals surface area contributed by atoms with Gasteiger partial charge in [-0.15, -0.1) is 0 Å². The highest BCUT2D eigenvalue weighted by atomic mass is 16.5. The number of benzene rings is 1. The van der Waals surface area contributed by atoms with Crippen molar-refractivity contribution in [3.05, 3.63) is 23.8 Å². The number of nitrogens with one attached hydrogen (secondary N) is 3. The second kappa shape index (κ2) is 10.9. The summed E-state index contributed by atoms with van der Waals surface area (Å²) in [6.07, 6.45) is 6.12. The third-order valence-corrected chi connectivity index (χ3v) is 5.39. The number of methoxy groups -OCH3 is 2. The van der Waals surface area contributed by atoms with Gasteiger partial charge in [0, 0.05) is 40.8 Å². The zero-order valence-corrected chi connectivity index (χ0v) is 17.6. The molecule has 156 valence electrons. The molecule has 28 heavy (non-hydrogen) atoms. The van der Waals surface area contributed by atoms with Crippen LogP contribution in [0.5, 0.6) is 5.75 Å². The number of carbonyl (C=O) groups excluding carboxylic acids is 1. The van der Waals surface area contributed by atoms with Gasteiger partial charge in [0.15, 0.2) is 5.96 Å². The molecule has 0 aromatic heterocycles. The first-order valence-corrected chi connectivity index (χ1v) is 9.90. The zero-order chi connectivity index (χ0) is 20.4. The Morgan fingerprint density at radius 2 is 1.96 bits per heavy atom. The van der Waals surface area contributed by atoms with E-state index in [0.29, 0.717) is 23.4 Å². The lowest BCUT2D eigenvalue weighted by Crippen LogP contribution is -2.43. The Morgan fingerprint density at radius 3 is 2.57 bits per heavy atom. The summed E-state index contributed by atoms with van der Waals surface area (Å²) in [5, 5.41) is 9.65. The molecule has 3 N–H and O–H groups in total. The molecule has 7 nitrogen and oxygen atoms in total. The number of aliphatic imine (C=N–C) groups is 1. The lowest BCUT2D eigenvalue weighted by Gasteiger charge is -2.30. The van der Waals surface area contributed by atoms with Crippen molar-refractivity contribution >= 4 is 17.6 Å². The quantitative estimate of drug-likeness (QED) is 0.446. The molecule has 1 amide bonds. The minimum atomic E-state index is -0.126. The number of carbonyl (C=O) groups is 1. The van der Waals surface area contributed by atoms with Crippen molar-refractivity contribution in [2.24, 2.45) is 10.4 Å². The number of hydrogen-bond donors (Lipinski definition) is 3. The lowest BCUT2D eigenvalue weighted by molar-refractivity contribution is -0.114. The fraction of sp³-hybridized carbons (Fsp3) is 0.619. The fourth-order valence-electron chi connectivity index (χ4n) is 3.79. The second-order valence-corrected chi connectivity index (χ2v) is 7.45. The number of amides is 1. The molecule has 0 bridgehead atoms. The monoisotopic (exact) mass is 390 g/mol. The number of nitrogens with zero attached hydrogens (tertiary/aromatic N) is 1. The van der Waals surface area contributed by atoms with E-state index in [1.54, 1.807) is 21.3 Å². The highest BCUT2D eigenvalue weighted by molar-refractivity contribution is 5.90. The molecule has 0 radical (unpaired) electrons. The van der Waals surface area contributed by atoms with Crippen molar-refractivity contribution in [1.82, 2.24) is 10.6 Å². The summed E-state index contributed by atoms with van der Waals surface area (Å²) in [7, 11) is 5.13. The fourth-order valence-corrected chi connectivity index (χ4v) is 3.79.